The zero-order chi connectivity index (χ0) is 26.6. The van der Waals surface area contributed by atoms with Crippen molar-refractivity contribution in [2.75, 3.05) is 24.6 Å². The Kier molecular flexibility index (Phi) is 7.94. The second kappa shape index (κ2) is 11.1. The van der Waals surface area contributed by atoms with Crippen LogP contribution in [0.2, 0.25) is 5.02 Å². The first-order valence-electron chi connectivity index (χ1n) is 11.5. The molecule has 1 aromatic heterocycles. The number of amides is 1. The highest BCUT2D eigenvalue weighted by atomic mass is 35.5. The Hall–Kier alpha value is -3.70. The van der Waals surface area contributed by atoms with E-state index in [9.17, 15) is 17.6 Å². The molecule has 1 saturated heterocycles. The van der Waals surface area contributed by atoms with Gasteiger partial charge in [-0.1, -0.05) is 23.4 Å². The third kappa shape index (κ3) is 6.17. The zero-order valence-corrected chi connectivity index (χ0v) is 21.5. The lowest BCUT2D eigenvalue weighted by molar-refractivity contribution is 0.0796. The van der Waals surface area contributed by atoms with E-state index >= 15 is 0 Å². The van der Waals surface area contributed by atoms with Crippen molar-refractivity contribution >= 4 is 27.3 Å². The van der Waals surface area contributed by atoms with E-state index in [0.717, 1.165) is 5.56 Å². The van der Waals surface area contributed by atoms with Crippen molar-refractivity contribution in [2.24, 2.45) is 0 Å². The molecule has 3 aromatic rings. The number of benzene rings is 2. The minimum absolute atomic E-state index is 0.0479. The fraction of sp³-hybridized carbons (Fsp3) is 0.269. The lowest BCUT2D eigenvalue weighted by Crippen LogP contribution is -2.50. The number of halogens is 2. The minimum atomic E-state index is -3.11. The summed E-state index contributed by atoms with van der Waals surface area (Å²) in [6.45, 7) is 2.04. The first-order valence-corrected chi connectivity index (χ1v) is 13.7. The standard InChI is InChI=1S/C26H23ClFN5O3S/c1-18-24(26(34)31-32-13-15-37(35,36)16-14-32)30-25(22-11-8-20(27)17-23(22)28)33(18)21-9-6-19(7-10-21)5-3-2-4-12-29/h6-11,17H,2,4,13-16H2,1H3,(H,31,34). The normalized spacial score (nSPS) is 14.9. The van der Waals surface area contributed by atoms with Gasteiger partial charge < -0.3 is 0 Å². The van der Waals surface area contributed by atoms with Crippen LogP contribution in [-0.2, 0) is 9.84 Å². The van der Waals surface area contributed by atoms with Crippen molar-refractivity contribution in [3.8, 4) is 35.0 Å². The molecule has 11 heteroatoms. The highest BCUT2D eigenvalue weighted by molar-refractivity contribution is 7.91. The molecule has 1 N–H and O–H groups in total. The molecule has 8 nitrogen and oxygen atoms in total. The summed E-state index contributed by atoms with van der Waals surface area (Å²) < 4.78 is 40.0. The number of nitriles is 1. The Balaban J connectivity index is 1.71. The first kappa shape index (κ1) is 26.4. The minimum Gasteiger partial charge on any atom is -0.296 e. The van der Waals surface area contributed by atoms with Gasteiger partial charge in [0.1, 0.15) is 11.6 Å². The van der Waals surface area contributed by atoms with E-state index < -0.39 is 21.6 Å². The largest absolute Gasteiger partial charge is 0.296 e. The summed E-state index contributed by atoms with van der Waals surface area (Å²) in [5.41, 5.74) is 4.82. The summed E-state index contributed by atoms with van der Waals surface area (Å²) in [6.07, 6.45) is 0.827. The highest BCUT2D eigenvalue weighted by Crippen LogP contribution is 2.30. The fourth-order valence-electron chi connectivity index (χ4n) is 3.88. The van der Waals surface area contributed by atoms with Gasteiger partial charge in [-0.05, 0) is 49.4 Å². The van der Waals surface area contributed by atoms with Gasteiger partial charge in [0.2, 0.25) is 0 Å². The lowest BCUT2D eigenvalue weighted by Gasteiger charge is -2.26. The van der Waals surface area contributed by atoms with Crippen LogP contribution in [0.3, 0.4) is 0 Å². The molecule has 1 aliphatic rings. The first-order chi connectivity index (χ1) is 17.7. The second-order valence-corrected chi connectivity index (χ2v) is 11.2. The van der Waals surface area contributed by atoms with Gasteiger partial charge in [0.05, 0.1) is 28.8 Å². The third-order valence-electron chi connectivity index (χ3n) is 5.82. The SMILES string of the molecule is Cc1c(C(=O)NN2CCS(=O)(=O)CC2)nc(-c2ccc(Cl)cc2F)n1-c1ccc(C#CCCC#N)cc1. The molecular weight excluding hydrogens is 517 g/mol. The number of carbonyl (C=O) groups excluding carboxylic acids is 1. The molecule has 1 amide bonds. The van der Waals surface area contributed by atoms with Gasteiger partial charge in [0.25, 0.3) is 5.91 Å². The number of nitrogens with zero attached hydrogens (tertiary/aromatic N) is 4. The molecule has 190 valence electrons. The molecule has 2 aromatic carbocycles. The number of sulfone groups is 1. The molecule has 1 fully saturated rings. The van der Waals surface area contributed by atoms with Gasteiger partial charge in [-0.2, -0.15) is 5.26 Å². The number of hydrogen-bond acceptors (Lipinski definition) is 6. The van der Waals surface area contributed by atoms with Gasteiger partial charge in [-0.25, -0.2) is 22.8 Å². The summed E-state index contributed by atoms with van der Waals surface area (Å²) in [7, 11) is -3.11. The van der Waals surface area contributed by atoms with Crippen LogP contribution >= 0.6 is 11.6 Å². The van der Waals surface area contributed by atoms with Crippen molar-refractivity contribution < 1.29 is 17.6 Å². The molecule has 37 heavy (non-hydrogen) atoms. The average molecular weight is 540 g/mol. The Labute approximate surface area is 219 Å². The number of nitrogens with one attached hydrogen (secondary N) is 1. The molecule has 2 heterocycles. The van der Waals surface area contributed by atoms with E-state index in [2.05, 4.69) is 22.3 Å². The predicted molar refractivity (Wildman–Crippen MR) is 138 cm³/mol. The molecular formula is C26H23ClFN5O3S. The van der Waals surface area contributed by atoms with E-state index in [-0.39, 0.29) is 46.7 Å². The Bertz CT molecular complexity index is 1540. The molecule has 0 saturated carbocycles. The zero-order valence-electron chi connectivity index (χ0n) is 20.0. The van der Waals surface area contributed by atoms with E-state index in [1.165, 1.54) is 12.1 Å². The number of imidazole rings is 1. The molecule has 4 rings (SSSR count). The summed E-state index contributed by atoms with van der Waals surface area (Å²) in [6, 6.07) is 13.4. The molecule has 0 unspecified atom stereocenters. The molecule has 1 aliphatic heterocycles. The van der Waals surface area contributed by atoms with Crippen LogP contribution in [0, 0.1) is 35.9 Å². The fourth-order valence-corrected chi connectivity index (χ4v) is 5.24. The van der Waals surface area contributed by atoms with E-state index in [0.29, 0.717) is 24.2 Å². The quantitative estimate of drug-likeness (QED) is 0.391. The van der Waals surface area contributed by atoms with Gasteiger partial charge in [-0.3, -0.25) is 14.8 Å². The van der Waals surface area contributed by atoms with Crippen LogP contribution in [0.1, 0.15) is 34.6 Å². The van der Waals surface area contributed by atoms with Crippen LogP contribution < -0.4 is 5.43 Å². The van der Waals surface area contributed by atoms with Gasteiger partial charge >= 0.3 is 0 Å². The maximum atomic E-state index is 14.9. The number of rotatable bonds is 5. The monoisotopic (exact) mass is 539 g/mol. The van der Waals surface area contributed by atoms with Crippen LogP contribution in [0.5, 0.6) is 0 Å². The number of hydrogen-bond donors (Lipinski definition) is 1. The molecule has 0 atom stereocenters. The van der Waals surface area contributed by atoms with Crippen LogP contribution in [-0.4, -0.2) is 53.5 Å². The van der Waals surface area contributed by atoms with Crippen molar-refractivity contribution in [2.45, 2.75) is 19.8 Å². The Morgan fingerprint density at radius 2 is 1.86 bits per heavy atom. The average Bonchev–Trinajstić information content (AvgIpc) is 3.20. The van der Waals surface area contributed by atoms with Crippen molar-refractivity contribution in [3.63, 3.8) is 0 Å². The maximum Gasteiger partial charge on any atom is 0.286 e. The van der Waals surface area contributed by atoms with Gasteiger partial charge in [-0.15, -0.1) is 0 Å². The van der Waals surface area contributed by atoms with Crippen LogP contribution in [0.15, 0.2) is 42.5 Å². The predicted octanol–water partition coefficient (Wildman–Crippen LogP) is 3.67. The van der Waals surface area contributed by atoms with E-state index in [4.69, 9.17) is 16.9 Å². The van der Waals surface area contributed by atoms with Crippen molar-refractivity contribution in [1.29, 1.82) is 5.26 Å². The smallest absolute Gasteiger partial charge is 0.286 e. The van der Waals surface area contributed by atoms with Crippen molar-refractivity contribution in [3.05, 3.63) is 70.3 Å². The summed E-state index contributed by atoms with van der Waals surface area (Å²) >= 11 is 5.95. The molecule has 0 aliphatic carbocycles. The summed E-state index contributed by atoms with van der Waals surface area (Å²) in [4.78, 5) is 17.7. The number of hydrazine groups is 1. The third-order valence-corrected chi connectivity index (χ3v) is 7.66. The maximum absolute atomic E-state index is 14.9. The molecule has 0 bridgehead atoms. The molecule has 0 spiro atoms. The van der Waals surface area contributed by atoms with E-state index in [1.54, 1.807) is 46.8 Å². The number of unbranched alkanes of at least 4 members (excludes halogenated alkanes) is 1. The highest BCUT2D eigenvalue weighted by Gasteiger charge is 2.27. The van der Waals surface area contributed by atoms with Crippen molar-refractivity contribution in [1.82, 2.24) is 20.0 Å². The van der Waals surface area contributed by atoms with Crippen LogP contribution in [0.4, 0.5) is 4.39 Å². The number of aromatic nitrogens is 2. The van der Waals surface area contributed by atoms with Gasteiger partial charge in [0, 0.05) is 42.2 Å². The van der Waals surface area contributed by atoms with E-state index in [1.807, 2.05) is 6.07 Å². The summed E-state index contributed by atoms with van der Waals surface area (Å²) in [5, 5.41) is 10.4. The topological polar surface area (TPSA) is 108 Å². The Morgan fingerprint density at radius 1 is 1.16 bits per heavy atom. The number of carbonyl (C=O) groups is 1. The summed E-state index contributed by atoms with van der Waals surface area (Å²) in [5.74, 6) is 4.94. The molecule has 0 radical (unpaired) electrons. The van der Waals surface area contributed by atoms with Gasteiger partial charge in [0.15, 0.2) is 15.5 Å². The Morgan fingerprint density at radius 3 is 2.51 bits per heavy atom. The van der Waals surface area contributed by atoms with Crippen LogP contribution in [0.25, 0.3) is 17.1 Å². The lowest BCUT2D eigenvalue weighted by atomic mass is 10.1. The second-order valence-electron chi connectivity index (χ2n) is 8.42.